The van der Waals surface area contributed by atoms with E-state index in [1.807, 2.05) is 6.92 Å². The topological polar surface area (TPSA) is 66.7 Å². The minimum absolute atomic E-state index is 0.0162. The zero-order valence-electron chi connectivity index (χ0n) is 14.1. The quantitative estimate of drug-likeness (QED) is 0.836. The predicted molar refractivity (Wildman–Crippen MR) is 83.2 cm³/mol. The molecule has 0 radical (unpaired) electrons. The Kier molecular flexibility index (Phi) is 3.63. The third kappa shape index (κ3) is 2.81. The van der Waals surface area contributed by atoms with Crippen molar-refractivity contribution in [3.05, 3.63) is 17.5 Å². The van der Waals surface area contributed by atoms with Crippen LogP contribution in [-0.4, -0.2) is 58.9 Å². The van der Waals surface area contributed by atoms with E-state index in [9.17, 15) is 18.4 Å². The van der Waals surface area contributed by atoms with Crippen LogP contribution in [0.4, 0.5) is 8.78 Å². The van der Waals surface area contributed by atoms with E-state index in [1.165, 1.54) is 0 Å². The van der Waals surface area contributed by atoms with Crippen molar-refractivity contribution in [3.8, 4) is 0 Å². The molecule has 2 amide bonds. The molecule has 136 valence electrons. The molecule has 1 aromatic heterocycles. The van der Waals surface area contributed by atoms with Crippen LogP contribution in [-0.2, 0) is 4.79 Å². The Morgan fingerprint density at radius 2 is 2.16 bits per heavy atom. The van der Waals surface area contributed by atoms with Gasteiger partial charge in [-0.25, -0.2) is 8.78 Å². The van der Waals surface area contributed by atoms with E-state index in [2.05, 4.69) is 5.16 Å². The van der Waals surface area contributed by atoms with Crippen LogP contribution >= 0.6 is 0 Å². The Morgan fingerprint density at radius 3 is 2.80 bits per heavy atom. The lowest BCUT2D eigenvalue weighted by atomic mass is 9.77. The highest BCUT2D eigenvalue weighted by atomic mass is 19.3. The van der Waals surface area contributed by atoms with Gasteiger partial charge in [0.2, 0.25) is 5.91 Å². The largest absolute Gasteiger partial charge is 0.360 e. The van der Waals surface area contributed by atoms with Crippen LogP contribution in [0, 0.1) is 5.41 Å². The van der Waals surface area contributed by atoms with Gasteiger partial charge in [0.15, 0.2) is 5.69 Å². The van der Waals surface area contributed by atoms with Crippen molar-refractivity contribution >= 4 is 11.8 Å². The summed E-state index contributed by atoms with van der Waals surface area (Å²) >= 11 is 0. The van der Waals surface area contributed by atoms with Crippen LogP contribution in [0.25, 0.3) is 0 Å². The van der Waals surface area contributed by atoms with Crippen molar-refractivity contribution in [1.82, 2.24) is 15.0 Å². The Labute approximate surface area is 144 Å². The number of aromatic nitrogens is 1. The number of alkyl halides is 2. The third-order valence-corrected chi connectivity index (χ3v) is 5.51. The molecule has 1 atom stereocenters. The zero-order valence-corrected chi connectivity index (χ0v) is 14.1. The minimum atomic E-state index is -3.09. The molecule has 1 spiro atoms. The number of carbonyl (C=O) groups excluding carboxylic acids is 2. The number of rotatable bonds is 3. The second-order valence-electron chi connectivity index (χ2n) is 7.50. The van der Waals surface area contributed by atoms with E-state index >= 15 is 0 Å². The molecule has 2 saturated heterocycles. The Balaban J connectivity index is 1.58. The molecule has 1 aromatic rings. The maximum atomic E-state index is 14.4. The van der Waals surface area contributed by atoms with E-state index in [4.69, 9.17) is 4.52 Å². The molecular formula is C17H21F2N3O3. The van der Waals surface area contributed by atoms with Crippen LogP contribution in [0.2, 0.25) is 0 Å². The summed E-state index contributed by atoms with van der Waals surface area (Å²) in [5.41, 5.74) is -1.14. The monoisotopic (exact) mass is 353 g/mol. The fourth-order valence-electron chi connectivity index (χ4n) is 4.07. The van der Waals surface area contributed by atoms with E-state index in [0.29, 0.717) is 25.3 Å². The molecule has 1 saturated carbocycles. The lowest BCUT2D eigenvalue weighted by Crippen LogP contribution is -2.57. The van der Waals surface area contributed by atoms with Gasteiger partial charge in [-0.3, -0.25) is 9.59 Å². The average Bonchev–Trinajstić information content (AvgIpc) is 3.22. The van der Waals surface area contributed by atoms with Gasteiger partial charge in [0.1, 0.15) is 5.76 Å². The van der Waals surface area contributed by atoms with E-state index < -0.39 is 30.2 Å². The van der Waals surface area contributed by atoms with Gasteiger partial charge in [-0.1, -0.05) is 5.16 Å². The standard InChI is InChI=1S/C17H21F2N3O3/c1-2-21-6-5-16(15(21)24)8-17(18,19)10-22(9-16)14(23)12-7-13(25-20-12)11-3-4-11/h7,11H,2-6,8-10H2,1H3/t16-/m1/s1. The van der Waals surface area contributed by atoms with E-state index in [0.717, 1.165) is 17.7 Å². The van der Waals surface area contributed by atoms with Gasteiger partial charge in [-0.15, -0.1) is 0 Å². The first-order chi connectivity index (χ1) is 11.8. The summed E-state index contributed by atoms with van der Waals surface area (Å²) in [4.78, 5) is 28.0. The smallest absolute Gasteiger partial charge is 0.276 e. The summed E-state index contributed by atoms with van der Waals surface area (Å²) in [7, 11) is 0. The van der Waals surface area contributed by atoms with Crippen molar-refractivity contribution in [2.45, 2.75) is 44.4 Å². The van der Waals surface area contributed by atoms with Crippen LogP contribution < -0.4 is 0 Å². The number of halogens is 2. The van der Waals surface area contributed by atoms with Gasteiger partial charge in [-0.2, -0.15) is 0 Å². The molecule has 0 bridgehead atoms. The molecule has 4 rings (SSSR count). The number of amides is 2. The second kappa shape index (κ2) is 5.51. The SMILES string of the molecule is CCN1CC[C@@]2(CN(C(=O)c3cc(C4CC4)on3)CC(F)(F)C2)C1=O. The second-order valence-corrected chi connectivity index (χ2v) is 7.50. The highest BCUT2D eigenvalue weighted by Crippen LogP contribution is 2.46. The summed E-state index contributed by atoms with van der Waals surface area (Å²) in [6, 6.07) is 1.55. The number of nitrogens with zero attached hydrogens (tertiary/aromatic N) is 3. The van der Waals surface area contributed by atoms with Gasteiger partial charge >= 0.3 is 0 Å². The average molecular weight is 353 g/mol. The van der Waals surface area contributed by atoms with Crippen molar-refractivity contribution in [2.24, 2.45) is 5.41 Å². The first kappa shape index (κ1) is 16.5. The van der Waals surface area contributed by atoms with Gasteiger partial charge in [0.05, 0.1) is 12.0 Å². The fraction of sp³-hybridized carbons (Fsp3) is 0.706. The Hall–Kier alpha value is -1.99. The summed E-state index contributed by atoms with van der Waals surface area (Å²) in [6.45, 7) is 2.12. The minimum Gasteiger partial charge on any atom is -0.360 e. The molecule has 3 aliphatic rings. The van der Waals surface area contributed by atoms with Gasteiger partial charge in [-0.05, 0) is 26.2 Å². The van der Waals surface area contributed by atoms with Gasteiger partial charge < -0.3 is 14.3 Å². The van der Waals surface area contributed by atoms with Crippen molar-refractivity contribution in [1.29, 1.82) is 0 Å². The van der Waals surface area contributed by atoms with Crippen LogP contribution in [0.1, 0.15) is 54.8 Å². The normalized spacial score (nSPS) is 28.8. The first-order valence-corrected chi connectivity index (χ1v) is 8.77. The number of hydrogen-bond donors (Lipinski definition) is 0. The van der Waals surface area contributed by atoms with Crippen molar-refractivity contribution < 1.29 is 22.9 Å². The summed E-state index contributed by atoms with van der Waals surface area (Å²) in [5, 5.41) is 3.76. The molecule has 3 fully saturated rings. The summed E-state index contributed by atoms with van der Waals surface area (Å²) < 4.78 is 33.9. The Bertz CT molecular complexity index is 716. The predicted octanol–water partition coefficient (Wildman–Crippen LogP) is 2.27. The third-order valence-electron chi connectivity index (χ3n) is 5.51. The molecule has 0 N–H and O–H groups in total. The van der Waals surface area contributed by atoms with Crippen molar-refractivity contribution in [2.75, 3.05) is 26.2 Å². The number of carbonyl (C=O) groups is 2. The first-order valence-electron chi connectivity index (χ1n) is 8.77. The molecule has 0 aromatic carbocycles. The Morgan fingerprint density at radius 1 is 1.40 bits per heavy atom. The van der Waals surface area contributed by atoms with Gasteiger partial charge in [0, 0.05) is 38.0 Å². The van der Waals surface area contributed by atoms with E-state index in [-0.39, 0.29) is 24.1 Å². The fourth-order valence-corrected chi connectivity index (χ4v) is 4.07. The maximum Gasteiger partial charge on any atom is 0.276 e. The molecule has 6 nitrogen and oxygen atoms in total. The lowest BCUT2D eigenvalue weighted by molar-refractivity contribution is -0.151. The van der Waals surface area contributed by atoms with Crippen LogP contribution in [0.5, 0.6) is 0 Å². The molecule has 0 unspecified atom stereocenters. The highest BCUT2D eigenvalue weighted by Gasteiger charge is 2.57. The molecule has 3 heterocycles. The number of piperidine rings is 1. The van der Waals surface area contributed by atoms with Crippen LogP contribution in [0.3, 0.4) is 0 Å². The summed E-state index contributed by atoms with van der Waals surface area (Å²) in [6.07, 6.45) is 1.85. The highest BCUT2D eigenvalue weighted by molar-refractivity contribution is 5.93. The van der Waals surface area contributed by atoms with Crippen molar-refractivity contribution in [3.63, 3.8) is 0 Å². The number of hydrogen-bond acceptors (Lipinski definition) is 4. The van der Waals surface area contributed by atoms with Crippen LogP contribution in [0.15, 0.2) is 10.6 Å². The van der Waals surface area contributed by atoms with Gasteiger partial charge in [0.25, 0.3) is 11.8 Å². The molecule has 25 heavy (non-hydrogen) atoms. The molecular weight excluding hydrogens is 332 g/mol. The summed E-state index contributed by atoms with van der Waals surface area (Å²) in [5.74, 6) is -3.02. The zero-order chi connectivity index (χ0) is 17.8. The molecule has 1 aliphatic carbocycles. The van der Waals surface area contributed by atoms with E-state index in [1.54, 1.807) is 11.0 Å². The molecule has 2 aliphatic heterocycles. The number of likely N-dealkylation sites (tertiary alicyclic amines) is 2. The maximum absolute atomic E-state index is 14.4. The molecule has 8 heteroatoms. The lowest BCUT2D eigenvalue weighted by Gasteiger charge is -2.42.